The van der Waals surface area contributed by atoms with E-state index in [1.54, 1.807) is 24.3 Å². The van der Waals surface area contributed by atoms with Crippen molar-refractivity contribution in [2.45, 2.75) is 76.1 Å². The fraction of sp³-hybridized carbons (Fsp3) is 0.481. The fourth-order valence-electron chi connectivity index (χ4n) is 9.54. The molecule has 1 aliphatic carbocycles. The zero-order chi connectivity index (χ0) is 49.2. The van der Waals surface area contributed by atoms with Crippen LogP contribution in [-0.4, -0.2) is 130 Å². The Kier molecular flexibility index (Phi) is 18.4. The minimum absolute atomic E-state index is 0.0262. The van der Waals surface area contributed by atoms with Gasteiger partial charge in [0.25, 0.3) is 15.9 Å². The molecule has 0 bridgehead atoms. The maximum Gasteiger partial charge on any atom is 0.344 e. The number of rotatable bonds is 21. The number of aryl methyl sites for hydroxylation is 1. The van der Waals surface area contributed by atoms with Gasteiger partial charge in [-0.2, -0.15) is 0 Å². The summed E-state index contributed by atoms with van der Waals surface area (Å²) < 4.78 is 67.3. The first-order valence-electron chi connectivity index (χ1n) is 24.3. The Bertz CT molecular complexity index is 2560. The first-order valence-corrected chi connectivity index (χ1v) is 29.2. The number of carbonyl (C=O) groups excluding carboxylic acids is 1. The Morgan fingerprint density at radius 2 is 1.48 bits per heavy atom. The Hall–Kier alpha value is -3.89. The molecule has 2 fully saturated rings. The number of nitrogens with zero attached hydrogens (tertiary/aromatic N) is 4. The summed E-state index contributed by atoms with van der Waals surface area (Å²) in [6.07, 6.45) is 4.25. The van der Waals surface area contributed by atoms with E-state index in [1.165, 1.54) is 22.8 Å². The highest BCUT2D eigenvalue weighted by molar-refractivity contribution is 7.90. The molecule has 7 rings (SSSR count). The molecule has 2 aliphatic heterocycles. The molecule has 2 atom stereocenters. The second-order valence-corrected chi connectivity index (χ2v) is 24.8. The molecule has 13 nitrogen and oxygen atoms in total. The van der Waals surface area contributed by atoms with Crippen molar-refractivity contribution in [2.24, 2.45) is 5.41 Å². The normalized spacial score (nSPS) is 18.5. The van der Waals surface area contributed by atoms with Crippen molar-refractivity contribution in [2.75, 3.05) is 101 Å². The molecule has 0 saturated carbocycles. The van der Waals surface area contributed by atoms with Crippen LogP contribution >= 0.6 is 19.2 Å². The van der Waals surface area contributed by atoms with Crippen LogP contribution < -0.4 is 14.9 Å². The smallest absolute Gasteiger partial charge is 0.344 e. The van der Waals surface area contributed by atoms with E-state index in [2.05, 4.69) is 55.6 Å². The van der Waals surface area contributed by atoms with E-state index in [4.69, 9.17) is 20.6 Å². The second-order valence-electron chi connectivity index (χ2n) is 19.2. The molecule has 2 heterocycles. The van der Waals surface area contributed by atoms with Crippen LogP contribution in [0, 0.1) is 12.3 Å². The second kappa shape index (κ2) is 24.0. The number of nitrogens with one attached hydrogen (secondary N) is 2. The lowest BCUT2D eigenvalue weighted by molar-refractivity contribution is 0.0981. The van der Waals surface area contributed by atoms with Crippen LogP contribution in [0.1, 0.15) is 74.9 Å². The number of piperazine rings is 2. The van der Waals surface area contributed by atoms with Crippen molar-refractivity contribution in [3.8, 4) is 0 Å². The van der Waals surface area contributed by atoms with Gasteiger partial charge >= 0.3 is 7.60 Å². The highest BCUT2D eigenvalue weighted by atomic mass is 35.5. The fourth-order valence-corrected chi connectivity index (χ4v) is 13.8. The highest BCUT2D eigenvalue weighted by Crippen LogP contribution is 2.48. The molecule has 1 amide bonds. The van der Waals surface area contributed by atoms with Crippen LogP contribution in [0.2, 0.25) is 5.02 Å². The van der Waals surface area contributed by atoms with Crippen molar-refractivity contribution in [3.05, 3.63) is 124 Å². The van der Waals surface area contributed by atoms with E-state index < -0.39 is 34.3 Å². The van der Waals surface area contributed by atoms with Crippen molar-refractivity contribution < 1.29 is 31.0 Å². The molecule has 3 aliphatic rings. The van der Waals surface area contributed by atoms with Gasteiger partial charge < -0.3 is 24.2 Å². The standard InChI is InChI=1S/C52H70ClN6O7PS2/c1-6-65-67(61,66-7-2)39-58-29-27-56(28-30-58)26-24-45(38-68(62)47-11-9-8-10-12-47)54-50-22-21-48(35-40(50)3)69(63,64)55-51(60)42-15-19-46(20-16-42)59-33-31-57(32-34-59)37-43-36-52(4,5)25-23-49(43)41-13-17-44(53)18-14-41/h8-22,35,45,54H,6-7,23-34,36-39H2,1-5H3,(H,55,60)/t45-,68?/m1/s1. The van der Waals surface area contributed by atoms with Gasteiger partial charge in [-0.25, -0.2) is 13.1 Å². The van der Waals surface area contributed by atoms with Gasteiger partial charge in [0.2, 0.25) is 0 Å². The number of benzene rings is 4. The molecule has 4 aromatic carbocycles. The predicted molar refractivity (Wildman–Crippen MR) is 280 cm³/mol. The number of hydrogen-bond donors (Lipinski definition) is 2. The maximum absolute atomic E-state index is 13.6. The number of amides is 1. The Morgan fingerprint density at radius 1 is 0.841 bits per heavy atom. The third-order valence-corrected chi connectivity index (χ3v) is 18.5. The van der Waals surface area contributed by atoms with Gasteiger partial charge in [0, 0.05) is 104 Å². The van der Waals surface area contributed by atoms with Crippen LogP contribution in [0.25, 0.3) is 5.57 Å². The van der Waals surface area contributed by atoms with E-state index in [0.29, 0.717) is 31.0 Å². The summed E-state index contributed by atoms with van der Waals surface area (Å²) in [6, 6.07) is 29.3. The third-order valence-electron chi connectivity index (χ3n) is 13.4. The van der Waals surface area contributed by atoms with E-state index >= 15 is 0 Å². The quantitative estimate of drug-likeness (QED) is 0.0769. The Morgan fingerprint density at radius 3 is 2.12 bits per heavy atom. The number of hydrogen-bond acceptors (Lipinski definition) is 12. The molecule has 17 heteroatoms. The Balaban J connectivity index is 0.930. The molecule has 0 radical (unpaired) electrons. The number of halogens is 1. The number of carbonyl (C=O) groups is 1. The lowest BCUT2D eigenvalue weighted by Crippen LogP contribution is -2.47. The summed E-state index contributed by atoms with van der Waals surface area (Å²) in [5.41, 5.74) is 7.14. The zero-order valence-corrected chi connectivity index (χ0v) is 44.1. The predicted octanol–water partition coefficient (Wildman–Crippen LogP) is 9.37. The summed E-state index contributed by atoms with van der Waals surface area (Å²) in [5, 5.41) is 4.32. The third kappa shape index (κ3) is 14.8. The van der Waals surface area contributed by atoms with Crippen molar-refractivity contribution in [1.29, 1.82) is 0 Å². The van der Waals surface area contributed by atoms with Crippen molar-refractivity contribution >= 4 is 62.9 Å². The molecular weight excluding hydrogens is 951 g/mol. The number of anilines is 2. The first-order chi connectivity index (χ1) is 33.0. The van der Waals surface area contributed by atoms with Crippen LogP contribution in [-0.2, 0) is 34.4 Å². The lowest BCUT2D eigenvalue weighted by atomic mass is 9.73. The van der Waals surface area contributed by atoms with E-state index in [1.807, 2.05) is 75.4 Å². The molecule has 2 saturated heterocycles. The van der Waals surface area contributed by atoms with Gasteiger partial charge in [0.1, 0.15) is 6.29 Å². The van der Waals surface area contributed by atoms with Crippen molar-refractivity contribution in [3.63, 3.8) is 0 Å². The summed E-state index contributed by atoms with van der Waals surface area (Å²) >= 11 is 6.22. The van der Waals surface area contributed by atoms with Gasteiger partial charge in [-0.05, 0) is 135 Å². The van der Waals surface area contributed by atoms with Gasteiger partial charge in [-0.15, -0.1) is 0 Å². The topological polar surface area (TPSA) is 141 Å². The molecule has 1 unspecified atom stereocenters. The minimum atomic E-state index is -4.20. The zero-order valence-electron chi connectivity index (χ0n) is 40.8. The van der Waals surface area contributed by atoms with Crippen LogP contribution in [0.3, 0.4) is 0 Å². The van der Waals surface area contributed by atoms with Gasteiger partial charge in [-0.1, -0.05) is 61.4 Å². The lowest BCUT2D eigenvalue weighted by Gasteiger charge is -2.39. The summed E-state index contributed by atoms with van der Waals surface area (Å²) in [4.78, 5) is 23.4. The Labute approximate surface area is 418 Å². The number of sulfonamides is 1. The summed E-state index contributed by atoms with van der Waals surface area (Å²) in [5.74, 6) is -0.349. The first kappa shape index (κ1) is 52.9. The highest BCUT2D eigenvalue weighted by Gasteiger charge is 2.31. The molecule has 69 heavy (non-hydrogen) atoms. The van der Waals surface area contributed by atoms with Gasteiger partial charge in [-0.3, -0.25) is 23.4 Å². The SMILES string of the molecule is CCOP(=O)(CN1CCN(CC[C@H](CS(=O)c2ccccc2)Nc2ccc(S(=O)(=O)NC(=O)c3ccc(N4CCN(CC5=C(c6ccc(Cl)cc6)CCC(C)(C)C5)CC4)cc3)cc2C)CC1)OCC. The van der Waals surface area contributed by atoms with Gasteiger partial charge in [0.05, 0.1) is 28.9 Å². The largest absolute Gasteiger partial charge is 0.381 e. The summed E-state index contributed by atoms with van der Waals surface area (Å²) in [7, 11) is -8.67. The minimum Gasteiger partial charge on any atom is -0.381 e. The van der Waals surface area contributed by atoms with Crippen LogP contribution in [0.5, 0.6) is 0 Å². The molecule has 0 aromatic heterocycles. The monoisotopic (exact) mass is 1020 g/mol. The summed E-state index contributed by atoms with van der Waals surface area (Å²) in [6.45, 7) is 19.0. The van der Waals surface area contributed by atoms with E-state index in [0.717, 1.165) is 106 Å². The van der Waals surface area contributed by atoms with Gasteiger partial charge in [0.15, 0.2) is 0 Å². The van der Waals surface area contributed by atoms with E-state index in [-0.39, 0.29) is 28.2 Å². The molecule has 374 valence electrons. The molecule has 0 spiro atoms. The molecule has 4 aromatic rings. The van der Waals surface area contributed by atoms with Crippen molar-refractivity contribution in [1.82, 2.24) is 19.4 Å². The molecular formula is C52H70ClN6O7PS2. The van der Waals surface area contributed by atoms with Crippen LogP contribution in [0.15, 0.2) is 112 Å². The molecule has 2 N–H and O–H groups in total. The number of allylic oxidation sites excluding steroid dienone is 1. The average Bonchev–Trinajstić information content (AvgIpc) is 3.32. The average molecular weight is 1020 g/mol. The maximum atomic E-state index is 13.6. The van der Waals surface area contributed by atoms with E-state index in [9.17, 15) is 22.0 Å². The van der Waals surface area contributed by atoms with Crippen LogP contribution in [0.4, 0.5) is 11.4 Å².